The molecule has 1 saturated heterocycles. The normalized spacial score (nSPS) is 18.8. The first kappa shape index (κ1) is 19.5. The van der Waals surface area contributed by atoms with Crippen molar-refractivity contribution in [2.45, 2.75) is 32.9 Å². The number of hydrogen-bond acceptors (Lipinski definition) is 3. The standard InChI is InChI=1S/C23H26N4OS/c1-5-28-18-11-9-17(10-12-18)27-22(19-14-15(2)26(4)16(19)3)21(25-23(27)29)20-8-6-7-13-24-20/h6-14,21-22H,5H2,1-4H3,(H,25,29). The molecule has 4 rings (SSSR count). The molecule has 1 aliphatic heterocycles. The third-order valence-corrected chi connectivity index (χ3v) is 5.97. The third kappa shape index (κ3) is 3.49. The lowest BCUT2D eigenvalue weighted by molar-refractivity contribution is 0.340. The zero-order valence-corrected chi connectivity index (χ0v) is 18.0. The van der Waals surface area contributed by atoms with Gasteiger partial charge in [-0.25, -0.2) is 0 Å². The highest BCUT2D eigenvalue weighted by atomic mass is 32.1. The zero-order chi connectivity index (χ0) is 20.5. The molecule has 3 heterocycles. The number of aryl methyl sites for hydroxylation is 1. The quantitative estimate of drug-likeness (QED) is 0.627. The number of pyridine rings is 1. The maximum atomic E-state index is 5.79. The van der Waals surface area contributed by atoms with Crippen LogP contribution in [0.4, 0.5) is 5.69 Å². The Kier molecular flexibility index (Phi) is 5.28. The summed E-state index contributed by atoms with van der Waals surface area (Å²) in [7, 11) is 2.10. The molecule has 150 valence electrons. The highest BCUT2D eigenvalue weighted by Gasteiger charge is 2.42. The van der Waals surface area contributed by atoms with E-state index in [2.05, 4.69) is 64.9 Å². The number of nitrogens with zero attached hydrogens (tertiary/aromatic N) is 3. The minimum absolute atomic E-state index is 0.00948. The molecule has 1 aliphatic rings. The van der Waals surface area contributed by atoms with Gasteiger partial charge < -0.3 is 19.5 Å². The van der Waals surface area contributed by atoms with Crippen LogP contribution >= 0.6 is 12.2 Å². The lowest BCUT2D eigenvalue weighted by Gasteiger charge is -2.28. The molecule has 0 aliphatic carbocycles. The van der Waals surface area contributed by atoms with Crippen LogP contribution in [0.3, 0.4) is 0 Å². The zero-order valence-electron chi connectivity index (χ0n) is 17.2. The van der Waals surface area contributed by atoms with Gasteiger partial charge in [0.05, 0.1) is 24.4 Å². The average molecular weight is 407 g/mol. The highest BCUT2D eigenvalue weighted by molar-refractivity contribution is 7.80. The second kappa shape index (κ2) is 7.87. The van der Waals surface area contributed by atoms with Gasteiger partial charge in [0.2, 0.25) is 0 Å². The molecule has 0 saturated carbocycles. The van der Waals surface area contributed by atoms with Gasteiger partial charge in [-0.2, -0.15) is 0 Å². The Morgan fingerprint density at radius 2 is 1.90 bits per heavy atom. The van der Waals surface area contributed by atoms with E-state index in [9.17, 15) is 0 Å². The van der Waals surface area contributed by atoms with Gasteiger partial charge >= 0.3 is 0 Å². The van der Waals surface area contributed by atoms with Crippen LogP contribution in [0.5, 0.6) is 5.75 Å². The van der Waals surface area contributed by atoms with Crippen molar-refractivity contribution in [3.05, 3.63) is 77.4 Å². The predicted molar refractivity (Wildman–Crippen MR) is 120 cm³/mol. The molecular weight excluding hydrogens is 380 g/mol. The molecule has 2 unspecified atom stereocenters. The van der Waals surface area contributed by atoms with Crippen molar-refractivity contribution in [1.82, 2.24) is 14.9 Å². The summed E-state index contributed by atoms with van der Waals surface area (Å²) in [5.41, 5.74) is 5.73. The minimum atomic E-state index is -0.0317. The summed E-state index contributed by atoms with van der Waals surface area (Å²) in [6.07, 6.45) is 1.83. The second-order valence-electron chi connectivity index (χ2n) is 7.31. The first-order chi connectivity index (χ1) is 14.0. The van der Waals surface area contributed by atoms with E-state index in [0.717, 1.165) is 17.1 Å². The Morgan fingerprint density at radius 3 is 2.48 bits per heavy atom. The van der Waals surface area contributed by atoms with E-state index in [1.807, 2.05) is 37.4 Å². The largest absolute Gasteiger partial charge is 0.494 e. The third-order valence-electron chi connectivity index (χ3n) is 5.66. The Hall–Kier alpha value is -2.86. The predicted octanol–water partition coefficient (Wildman–Crippen LogP) is 4.61. The lowest BCUT2D eigenvalue weighted by Crippen LogP contribution is -2.29. The summed E-state index contributed by atoms with van der Waals surface area (Å²) in [6.45, 7) is 6.93. The van der Waals surface area contributed by atoms with Crippen LogP contribution < -0.4 is 15.0 Å². The van der Waals surface area contributed by atoms with Crippen LogP contribution in [-0.2, 0) is 7.05 Å². The van der Waals surface area contributed by atoms with Gasteiger partial charge in [0.15, 0.2) is 5.11 Å². The van der Waals surface area contributed by atoms with E-state index in [1.165, 1.54) is 17.0 Å². The summed E-state index contributed by atoms with van der Waals surface area (Å²) in [6, 6.07) is 16.4. The molecule has 2 aromatic heterocycles. The molecule has 0 amide bonds. The van der Waals surface area contributed by atoms with Crippen LogP contribution in [0.15, 0.2) is 54.7 Å². The summed E-state index contributed by atoms with van der Waals surface area (Å²) in [4.78, 5) is 6.82. The molecule has 2 atom stereocenters. The Labute approximate surface area is 177 Å². The van der Waals surface area contributed by atoms with Crippen LogP contribution in [0.25, 0.3) is 0 Å². The van der Waals surface area contributed by atoms with Crippen molar-refractivity contribution < 1.29 is 4.74 Å². The first-order valence-electron chi connectivity index (χ1n) is 9.87. The number of thiocarbonyl (C=S) groups is 1. The van der Waals surface area contributed by atoms with Gasteiger partial charge in [0.1, 0.15) is 5.75 Å². The summed E-state index contributed by atoms with van der Waals surface area (Å²) < 4.78 is 7.83. The van der Waals surface area contributed by atoms with Crippen LogP contribution in [0, 0.1) is 13.8 Å². The fraction of sp³-hybridized carbons (Fsp3) is 0.304. The van der Waals surface area contributed by atoms with E-state index in [-0.39, 0.29) is 12.1 Å². The van der Waals surface area contributed by atoms with Crippen LogP contribution in [-0.4, -0.2) is 21.3 Å². The number of aromatic nitrogens is 2. The van der Waals surface area contributed by atoms with Crippen LogP contribution in [0.2, 0.25) is 0 Å². The Balaban J connectivity index is 1.82. The molecule has 0 spiro atoms. The van der Waals surface area contributed by atoms with Gasteiger partial charge in [-0.1, -0.05) is 6.07 Å². The SMILES string of the molecule is CCOc1ccc(N2C(=S)NC(c3ccccn3)C2c2cc(C)n(C)c2C)cc1. The molecule has 0 radical (unpaired) electrons. The van der Waals surface area contributed by atoms with Gasteiger partial charge in [0.25, 0.3) is 0 Å². The fourth-order valence-electron chi connectivity index (χ4n) is 4.00. The van der Waals surface area contributed by atoms with Gasteiger partial charge in [-0.3, -0.25) is 4.98 Å². The van der Waals surface area contributed by atoms with Crippen molar-refractivity contribution >= 4 is 23.0 Å². The molecule has 6 heteroatoms. The molecule has 1 aromatic carbocycles. The fourth-order valence-corrected chi connectivity index (χ4v) is 4.35. The molecule has 3 aromatic rings. The summed E-state index contributed by atoms with van der Waals surface area (Å²) in [5, 5.41) is 4.22. The van der Waals surface area contributed by atoms with Crippen molar-refractivity contribution in [1.29, 1.82) is 0 Å². The molecule has 1 N–H and O–H groups in total. The Morgan fingerprint density at radius 1 is 1.14 bits per heavy atom. The summed E-state index contributed by atoms with van der Waals surface area (Å²) >= 11 is 5.79. The number of benzene rings is 1. The van der Waals surface area contributed by atoms with Crippen molar-refractivity contribution in [2.75, 3.05) is 11.5 Å². The number of nitrogens with one attached hydrogen (secondary N) is 1. The second-order valence-corrected chi connectivity index (χ2v) is 7.70. The van der Waals surface area contributed by atoms with Gasteiger partial charge in [0, 0.05) is 30.3 Å². The van der Waals surface area contributed by atoms with Crippen molar-refractivity contribution in [3.8, 4) is 5.75 Å². The first-order valence-corrected chi connectivity index (χ1v) is 10.3. The molecule has 29 heavy (non-hydrogen) atoms. The smallest absolute Gasteiger partial charge is 0.174 e. The number of ether oxygens (including phenoxy) is 1. The lowest BCUT2D eigenvalue weighted by atomic mass is 9.96. The number of anilines is 1. The molecule has 0 bridgehead atoms. The number of hydrogen-bond donors (Lipinski definition) is 1. The van der Waals surface area contributed by atoms with E-state index in [0.29, 0.717) is 11.7 Å². The van der Waals surface area contributed by atoms with E-state index in [1.54, 1.807) is 0 Å². The molecular formula is C23H26N4OS. The van der Waals surface area contributed by atoms with Gasteiger partial charge in [-0.05, 0) is 81.0 Å². The van der Waals surface area contributed by atoms with Gasteiger partial charge in [-0.15, -0.1) is 0 Å². The molecule has 1 fully saturated rings. The van der Waals surface area contributed by atoms with E-state index in [4.69, 9.17) is 17.0 Å². The number of rotatable bonds is 5. The molecule has 5 nitrogen and oxygen atoms in total. The minimum Gasteiger partial charge on any atom is -0.494 e. The Bertz CT molecular complexity index is 1010. The maximum absolute atomic E-state index is 5.79. The summed E-state index contributed by atoms with van der Waals surface area (Å²) in [5.74, 6) is 0.860. The van der Waals surface area contributed by atoms with Crippen molar-refractivity contribution in [3.63, 3.8) is 0 Å². The maximum Gasteiger partial charge on any atom is 0.174 e. The van der Waals surface area contributed by atoms with E-state index >= 15 is 0 Å². The monoisotopic (exact) mass is 406 g/mol. The highest BCUT2D eigenvalue weighted by Crippen LogP contribution is 2.43. The van der Waals surface area contributed by atoms with Crippen LogP contribution in [0.1, 0.15) is 41.7 Å². The van der Waals surface area contributed by atoms with E-state index < -0.39 is 0 Å². The van der Waals surface area contributed by atoms with Crippen molar-refractivity contribution in [2.24, 2.45) is 7.05 Å². The average Bonchev–Trinajstić information content (AvgIpc) is 3.21. The topological polar surface area (TPSA) is 42.3 Å².